The number of carbonyl (C=O) groups is 1. The molecule has 0 aromatic carbocycles. The summed E-state index contributed by atoms with van der Waals surface area (Å²) < 4.78 is 75.9. The lowest BCUT2D eigenvalue weighted by Crippen LogP contribution is -2.65. The van der Waals surface area contributed by atoms with E-state index in [1.165, 1.54) is 0 Å². The number of hydrogen-bond acceptors (Lipinski definition) is 12. The molecule has 1 fully saturated rings. The van der Waals surface area contributed by atoms with Gasteiger partial charge in [0.05, 0.1) is 6.61 Å². The topological polar surface area (TPSA) is 212 Å². The summed E-state index contributed by atoms with van der Waals surface area (Å²) in [7, 11) is -10.6. The molecule has 0 aliphatic carbocycles. The lowest BCUT2D eigenvalue weighted by molar-refractivity contribution is -0.247. The van der Waals surface area contributed by atoms with Gasteiger partial charge in [-0.1, -0.05) is 0 Å². The van der Waals surface area contributed by atoms with Gasteiger partial charge >= 0.3 is 0 Å². The number of ether oxygens (including phenoxy) is 1. The Morgan fingerprint density at radius 2 is 1.78 bits per heavy atom. The Morgan fingerprint density at radius 1 is 1.22 bits per heavy atom. The molecule has 0 spiro atoms. The largest absolute Gasteiger partial charge is 0.726 e. The van der Waals surface area contributed by atoms with Gasteiger partial charge in [0.2, 0.25) is 26.7 Å². The molecule has 1 aliphatic heterocycles. The highest BCUT2D eigenvalue weighted by molar-refractivity contribution is 7.81. The zero-order chi connectivity index (χ0) is 18.0. The van der Waals surface area contributed by atoms with Crippen LogP contribution in [0, 0.1) is 0 Å². The molecule has 1 rings (SSSR count). The van der Waals surface area contributed by atoms with E-state index in [0.717, 1.165) is 6.92 Å². The van der Waals surface area contributed by atoms with Crippen molar-refractivity contribution in [1.82, 2.24) is 5.32 Å². The number of amides is 1. The van der Waals surface area contributed by atoms with Crippen LogP contribution in [0.3, 0.4) is 0 Å². The summed E-state index contributed by atoms with van der Waals surface area (Å²) in [4.78, 5) is 11.0. The molecule has 3 N–H and O–H groups in total. The van der Waals surface area contributed by atoms with Gasteiger partial charge in [-0.3, -0.25) is 13.2 Å². The molecule has 0 aromatic heterocycles. The van der Waals surface area contributed by atoms with E-state index >= 15 is 0 Å². The van der Waals surface area contributed by atoms with Crippen molar-refractivity contribution >= 4 is 26.7 Å². The van der Waals surface area contributed by atoms with Crippen molar-refractivity contribution in [3.63, 3.8) is 0 Å². The van der Waals surface area contributed by atoms with Crippen LogP contribution in [0.1, 0.15) is 6.92 Å². The Hall–Kier alpha value is -0.910. The minimum atomic E-state index is -5.38. The molecule has 0 saturated carbocycles. The van der Waals surface area contributed by atoms with Gasteiger partial charge in [0, 0.05) is 6.92 Å². The van der Waals surface area contributed by atoms with Crippen LogP contribution in [-0.4, -0.2) is 79.3 Å². The van der Waals surface area contributed by atoms with E-state index in [0.29, 0.717) is 0 Å². The lowest BCUT2D eigenvalue weighted by atomic mass is 9.97. The second-order valence-corrected chi connectivity index (χ2v) is 6.50. The average molecular weight is 379 g/mol. The number of carbonyl (C=O) groups excluding carboxylic acids is 1. The molecule has 13 nitrogen and oxygen atoms in total. The van der Waals surface area contributed by atoms with Crippen LogP contribution in [0.15, 0.2) is 0 Å². The monoisotopic (exact) mass is 379 g/mol. The minimum absolute atomic E-state index is 0.739. The van der Waals surface area contributed by atoms with Crippen molar-refractivity contribution in [3.05, 3.63) is 0 Å². The summed E-state index contributed by atoms with van der Waals surface area (Å²) in [6.07, 6.45) is -7.77. The normalized spacial score (nSPS) is 32.5. The van der Waals surface area contributed by atoms with Crippen molar-refractivity contribution in [2.45, 2.75) is 37.6 Å². The second-order valence-electron chi connectivity index (χ2n) is 4.44. The van der Waals surface area contributed by atoms with E-state index < -0.39 is 64.0 Å². The lowest BCUT2D eigenvalue weighted by Gasteiger charge is -2.42. The Bertz CT molecular complexity index is 629. The zero-order valence-corrected chi connectivity index (χ0v) is 13.0. The van der Waals surface area contributed by atoms with Gasteiger partial charge in [0.15, 0.2) is 6.29 Å². The third-order valence-electron chi connectivity index (χ3n) is 2.67. The van der Waals surface area contributed by atoms with Crippen LogP contribution in [-0.2, 0) is 38.7 Å². The van der Waals surface area contributed by atoms with Gasteiger partial charge in [-0.2, -0.15) is 0 Å². The van der Waals surface area contributed by atoms with E-state index in [1.807, 2.05) is 5.32 Å². The molecule has 0 aromatic rings. The molecule has 0 unspecified atom stereocenters. The maximum Gasteiger partial charge on any atom is 0.218 e. The number of aliphatic hydroxyl groups excluding tert-OH is 2. The van der Waals surface area contributed by atoms with Crippen molar-refractivity contribution in [1.29, 1.82) is 0 Å². The highest BCUT2D eigenvalue weighted by atomic mass is 32.3. The van der Waals surface area contributed by atoms with E-state index in [4.69, 9.17) is 4.74 Å². The SMILES string of the molecule is CC(=O)N[C@@H]1[C@@H](O)[C@@H](OS(=O)(=O)[O-])[C@@H](COS(=O)(=O)[O-])O[C@H]1O. The predicted molar refractivity (Wildman–Crippen MR) is 64.7 cm³/mol. The van der Waals surface area contributed by atoms with E-state index in [1.54, 1.807) is 0 Å². The fraction of sp³-hybridized carbons (Fsp3) is 0.875. The first-order valence-electron chi connectivity index (χ1n) is 5.83. The second kappa shape index (κ2) is 7.32. The molecule has 1 heterocycles. The first-order chi connectivity index (χ1) is 10.3. The van der Waals surface area contributed by atoms with Gasteiger partial charge in [-0.05, 0) is 0 Å². The standard InChI is InChI=1S/C8H15NO12S2/c1-3(10)9-5-6(11)7(21-23(16,17)18)4(20-8(5)12)2-19-22(13,14)15/h4-8,11-12H,2H2,1H3,(H,9,10)(H,13,14,15)(H,16,17,18)/p-2/t4-,5-,6-,7+,8-/m1/s1. The Balaban J connectivity index is 3.01. The highest BCUT2D eigenvalue weighted by Gasteiger charge is 2.47. The van der Waals surface area contributed by atoms with Crippen molar-refractivity contribution in [3.8, 4) is 0 Å². The molecule has 15 heteroatoms. The fourth-order valence-electron chi connectivity index (χ4n) is 1.86. The molecule has 136 valence electrons. The van der Waals surface area contributed by atoms with Crippen LogP contribution in [0.4, 0.5) is 0 Å². The molecular weight excluding hydrogens is 366 g/mol. The first-order valence-corrected chi connectivity index (χ1v) is 8.50. The average Bonchev–Trinajstić information content (AvgIpc) is 2.33. The molecule has 0 bridgehead atoms. The fourth-order valence-corrected chi connectivity index (χ4v) is 2.68. The van der Waals surface area contributed by atoms with Crippen molar-refractivity contribution < 1.29 is 54.1 Å². The van der Waals surface area contributed by atoms with E-state index in [-0.39, 0.29) is 0 Å². The summed E-state index contributed by atoms with van der Waals surface area (Å²) in [6, 6.07) is -1.58. The molecule has 1 amide bonds. The number of rotatable bonds is 6. The molecular formula is C8H13NO12S2-2. The maximum atomic E-state index is 11.0. The zero-order valence-electron chi connectivity index (χ0n) is 11.4. The quantitative estimate of drug-likeness (QED) is 0.297. The smallest absolute Gasteiger partial charge is 0.218 e. The Kier molecular flexibility index (Phi) is 6.41. The first kappa shape index (κ1) is 20.1. The summed E-state index contributed by atoms with van der Waals surface area (Å²) in [5, 5.41) is 21.6. The molecule has 5 atom stereocenters. The summed E-state index contributed by atoms with van der Waals surface area (Å²) >= 11 is 0. The number of hydrogen-bond donors (Lipinski definition) is 3. The van der Waals surface area contributed by atoms with Gasteiger partial charge in [-0.15, -0.1) is 0 Å². The van der Waals surface area contributed by atoms with Crippen LogP contribution in [0.25, 0.3) is 0 Å². The predicted octanol–water partition coefficient (Wildman–Crippen LogP) is -4.11. The maximum absolute atomic E-state index is 11.0. The summed E-state index contributed by atoms with van der Waals surface area (Å²) in [5.74, 6) is -0.739. The Morgan fingerprint density at radius 3 is 2.22 bits per heavy atom. The van der Waals surface area contributed by atoms with Crippen LogP contribution < -0.4 is 5.32 Å². The van der Waals surface area contributed by atoms with Crippen molar-refractivity contribution in [2.24, 2.45) is 0 Å². The number of aliphatic hydroxyl groups is 2. The van der Waals surface area contributed by atoms with Crippen molar-refractivity contribution in [2.75, 3.05) is 6.61 Å². The Labute approximate surface area is 131 Å². The van der Waals surface area contributed by atoms with E-state index in [2.05, 4.69) is 8.37 Å². The third kappa shape index (κ3) is 6.61. The summed E-state index contributed by atoms with van der Waals surface area (Å²) in [5.41, 5.74) is 0. The van der Waals surface area contributed by atoms with Gasteiger partial charge in [-0.25, -0.2) is 16.8 Å². The third-order valence-corrected chi connectivity index (χ3v) is 3.55. The van der Waals surface area contributed by atoms with Crippen LogP contribution in [0.5, 0.6) is 0 Å². The summed E-state index contributed by atoms with van der Waals surface area (Å²) in [6.45, 7) is -0.133. The molecule has 1 saturated heterocycles. The van der Waals surface area contributed by atoms with Gasteiger partial charge in [0.25, 0.3) is 0 Å². The molecule has 0 radical (unpaired) electrons. The van der Waals surface area contributed by atoms with E-state index in [9.17, 15) is 40.9 Å². The van der Waals surface area contributed by atoms with Gasteiger partial charge < -0.3 is 29.4 Å². The highest BCUT2D eigenvalue weighted by Crippen LogP contribution is 2.24. The number of nitrogens with one attached hydrogen (secondary N) is 1. The van der Waals surface area contributed by atoms with Crippen LogP contribution in [0.2, 0.25) is 0 Å². The van der Waals surface area contributed by atoms with Crippen LogP contribution >= 0.6 is 0 Å². The van der Waals surface area contributed by atoms with Gasteiger partial charge in [0.1, 0.15) is 24.4 Å². The molecule has 1 aliphatic rings. The molecule has 23 heavy (non-hydrogen) atoms. The minimum Gasteiger partial charge on any atom is -0.726 e.